The number of phenolic OH excluding ortho intramolecular Hbond substituents is 1. The summed E-state index contributed by atoms with van der Waals surface area (Å²) >= 11 is 0. The van der Waals surface area contributed by atoms with Gasteiger partial charge in [0.05, 0.1) is 46.2 Å². The normalized spacial score (nSPS) is 16.8. The van der Waals surface area contributed by atoms with Crippen molar-refractivity contribution in [2.75, 3.05) is 33.4 Å². The molecule has 1 aliphatic rings. The van der Waals surface area contributed by atoms with E-state index in [0.717, 1.165) is 45.4 Å². The average Bonchev–Trinajstić information content (AvgIpc) is 3.01. The minimum atomic E-state index is -0.932. The van der Waals surface area contributed by atoms with Gasteiger partial charge in [0.25, 0.3) is 0 Å². The smallest absolute Gasteiger partial charge is 0.407 e. The molecular weight excluding hydrogens is 534 g/mol. The number of benzene rings is 4. The molecule has 8 heteroatoms. The summed E-state index contributed by atoms with van der Waals surface area (Å²) in [5, 5.41) is 21.4. The maximum atomic E-state index is 11.7. The highest BCUT2D eigenvalue weighted by atomic mass is 16.5. The number of methoxy groups -OCH3 is 1. The molecule has 42 heavy (non-hydrogen) atoms. The fraction of sp³-hybridized carbons (Fsp3) is 0.324. The van der Waals surface area contributed by atoms with Crippen molar-refractivity contribution in [3.63, 3.8) is 0 Å². The molecule has 2 unspecified atom stereocenters. The molecule has 1 heterocycles. The zero-order valence-electron chi connectivity index (χ0n) is 23.8. The average molecular weight is 572 g/mol. The summed E-state index contributed by atoms with van der Waals surface area (Å²) in [5.74, 6) is 1.88. The number of hydrogen-bond acceptors (Lipinski definition) is 6. The zero-order chi connectivity index (χ0) is 29.3. The van der Waals surface area contributed by atoms with Crippen LogP contribution in [0.1, 0.15) is 35.4 Å². The molecule has 2 atom stereocenters. The van der Waals surface area contributed by atoms with Gasteiger partial charge >= 0.3 is 6.09 Å². The third-order valence-electron chi connectivity index (χ3n) is 7.64. The number of para-hydroxylation sites is 1. The molecule has 0 radical (unpaired) electrons. The highest BCUT2D eigenvalue weighted by Crippen LogP contribution is 2.32. The van der Waals surface area contributed by atoms with E-state index < -0.39 is 6.09 Å². The van der Waals surface area contributed by atoms with Gasteiger partial charge in [0.15, 0.2) is 0 Å². The van der Waals surface area contributed by atoms with Crippen LogP contribution in [0.5, 0.6) is 17.2 Å². The Morgan fingerprint density at radius 2 is 1.74 bits per heavy atom. The highest BCUT2D eigenvalue weighted by Gasteiger charge is 2.33. The standard InChI is InChI=1S/C34H37NO7/c1-39-32-6-3-2-5-27(32)23-40-17-4-18-41-30-13-10-26(11-14-30)31-15-16-35(34(37)38)21-33(31)42-22-24-7-8-25-9-12-29(36)20-28(25)19-24/h2-3,5-14,19-20,31,33,36H,4,15-18,21-23H2,1H3,(H,37,38). The van der Waals surface area contributed by atoms with E-state index in [1.54, 1.807) is 19.2 Å². The van der Waals surface area contributed by atoms with Crippen molar-refractivity contribution in [2.45, 2.75) is 38.1 Å². The van der Waals surface area contributed by atoms with E-state index in [1.165, 1.54) is 4.90 Å². The van der Waals surface area contributed by atoms with E-state index in [0.29, 0.717) is 45.9 Å². The Kier molecular flexibility index (Phi) is 9.79. The predicted octanol–water partition coefficient (Wildman–Crippen LogP) is 6.59. The fourth-order valence-electron chi connectivity index (χ4n) is 5.38. The molecule has 8 nitrogen and oxygen atoms in total. The van der Waals surface area contributed by atoms with Crippen molar-refractivity contribution in [3.05, 3.63) is 102 Å². The molecule has 4 aromatic rings. The van der Waals surface area contributed by atoms with Crippen LogP contribution < -0.4 is 9.47 Å². The van der Waals surface area contributed by atoms with Crippen LogP contribution in [0.25, 0.3) is 10.8 Å². The van der Waals surface area contributed by atoms with Gasteiger partial charge in [0.2, 0.25) is 0 Å². The summed E-state index contributed by atoms with van der Waals surface area (Å²) in [5.41, 5.74) is 3.08. The lowest BCUT2D eigenvalue weighted by Crippen LogP contribution is -2.46. The Morgan fingerprint density at radius 3 is 2.55 bits per heavy atom. The Morgan fingerprint density at radius 1 is 0.929 bits per heavy atom. The lowest BCUT2D eigenvalue weighted by molar-refractivity contribution is -0.0199. The SMILES string of the molecule is COc1ccccc1COCCCOc1ccc(C2CCN(C(=O)O)CC2OCc2ccc3ccc(O)cc3c2)cc1. The van der Waals surface area contributed by atoms with E-state index >= 15 is 0 Å². The molecule has 2 N–H and O–H groups in total. The van der Waals surface area contributed by atoms with Crippen molar-refractivity contribution < 1.29 is 34.0 Å². The number of carboxylic acid groups (broad SMARTS) is 1. The van der Waals surface area contributed by atoms with Gasteiger partial charge in [-0.2, -0.15) is 0 Å². The first kappa shape index (κ1) is 29.2. The number of aromatic hydroxyl groups is 1. The molecule has 1 aliphatic heterocycles. The van der Waals surface area contributed by atoms with E-state index in [2.05, 4.69) is 0 Å². The molecule has 5 rings (SSSR count). The fourth-order valence-corrected chi connectivity index (χ4v) is 5.38. The number of ether oxygens (including phenoxy) is 4. The second-order valence-corrected chi connectivity index (χ2v) is 10.5. The molecule has 1 saturated heterocycles. The Balaban J connectivity index is 1.14. The molecule has 4 aromatic carbocycles. The number of piperidine rings is 1. The quantitative estimate of drug-likeness (QED) is 0.185. The molecule has 220 valence electrons. The van der Waals surface area contributed by atoms with E-state index in [4.69, 9.17) is 18.9 Å². The first-order chi connectivity index (χ1) is 20.5. The topological polar surface area (TPSA) is 97.7 Å². The van der Waals surface area contributed by atoms with Crippen molar-refractivity contribution >= 4 is 16.9 Å². The van der Waals surface area contributed by atoms with Gasteiger partial charge in [-0.25, -0.2) is 4.79 Å². The van der Waals surface area contributed by atoms with Gasteiger partial charge in [-0.3, -0.25) is 0 Å². The Hall–Kier alpha value is -4.27. The molecule has 0 aliphatic carbocycles. The van der Waals surface area contributed by atoms with Crippen LogP contribution >= 0.6 is 0 Å². The lowest BCUT2D eigenvalue weighted by Gasteiger charge is -2.37. The number of hydrogen-bond donors (Lipinski definition) is 2. The lowest BCUT2D eigenvalue weighted by atomic mass is 9.87. The van der Waals surface area contributed by atoms with Crippen LogP contribution in [0.4, 0.5) is 4.79 Å². The van der Waals surface area contributed by atoms with Crippen molar-refractivity contribution in [1.82, 2.24) is 4.90 Å². The first-order valence-electron chi connectivity index (χ1n) is 14.2. The highest BCUT2D eigenvalue weighted by molar-refractivity contribution is 5.84. The van der Waals surface area contributed by atoms with Gasteiger partial charge in [0.1, 0.15) is 17.2 Å². The number of rotatable bonds is 12. The maximum Gasteiger partial charge on any atom is 0.407 e. The second-order valence-electron chi connectivity index (χ2n) is 10.5. The monoisotopic (exact) mass is 571 g/mol. The van der Waals surface area contributed by atoms with Gasteiger partial charge in [0, 0.05) is 24.4 Å². The number of phenols is 1. The van der Waals surface area contributed by atoms with Crippen LogP contribution in [0.3, 0.4) is 0 Å². The molecule has 0 saturated carbocycles. The summed E-state index contributed by atoms with van der Waals surface area (Å²) in [6.07, 6.45) is 0.210. The van der Waals surface area contributed by atoms with Crippen LogP contribution in [0, 0.1) is 0 Å². The van der Waals surface area contributed by atoms with Crippen molar-refractivity contribution in [1.29, 1.82) is 0 Å². The predicted molar refractivity (Wildman–Crippen MR) is 160 cm³/mol. The maximum absolute atomic E-state index is 11.7. The van der Waals surface area contributed by atoms with E-state index in [1.807, 2.05) is 72.8 Å². The summed E-state index contributed by atoms with van der Waals surface area (Å²) in [7, 11) is 1.66. The Labute approximate surface area is 246 Å². The molecule has 1 fully saturated rings. The van der Waals surface area contributed by atoms with Crippen LogP contribution in [-0.4, -0.2) is 60.7 Å². The summed E-state index contributed by atoms with van der Waals surface area (Å²) in [6.45, 7) is 2.73. The number of fused-ring (bicyclic) bond motifs is 1. The molecule has 1 amide bonds. The number of carbonyl (C=O) groups is 1. The molecule has 0 aromatic heterocycles. The summed E-state index contributed by atoms with van der Waals surface area (Å²) in [6, 6.07) is 27.1. The summed E-state index contributed by atoms with van der Waals surface area (Å²) < 4.78 is 23.4. The third-order valence-corrected chi connectivity index (χ3v) is 7.64. The van der Waals surface area contributed by atoms with E-state index in [-0.39, 0.29) is 17.8 Å². The largest absolute Gasteiger partial charge is 0.508 e. The third kappa shape index (κ3) is 7.51. The van der Waals surface area contributed by atoms with Gasteiger partial charge in [-0.15, -0.1) is 0 Å². The molecule has 0 spiro atoms. The van der Waals surface area contributed by atoms with Gasteiger partial charge in [-0.1, -0.05) is 48.5 Å². The molecule has 0 bridgehead atoms. The zero-order valence-corrected chi connectivity index (χ0v) is 23.8. The second kappa shape index (κ2) is 14.1. The first-order valence-corrected chi connectivity index (χ1v) is 14.2. The van der Waals surface area contributed by atoms with Crippen LogP contribution in [0.2, 0.25) is 0 Å². The number of likely N-dealkylation sites (tertiary alicyclic amines) is 1. The van der Waals surface area contributed by atoms with Crippen LogP contribution in [-0.2, 0) is 22.7 Å². The number of nitrogens with zero attached hydrogens (tertiary/aromatic N) is 1. The van der Waals surface area contributed by atoms with Crippen molar-refractivity contribution in [3.8, 4) is 17.2 Å². The number of amides is 1. The van der Waals surface area contributed by atoms with Gasteiger partial charge in [-0.05, 0) is 64.7 Å². The Bertz CT molecular complexity index is 1470. The molecular formula is C34H37NO7. The minimum Gasteiger partial charge on any atom is -0.508 e. The minimum absolute atomic E-state index is 0.0579. The summed E-state index contributed by atoms with van der Waals surface area (Å²) in [4.78, 5) is 13.1. The van der Waals surface area contributed by atoms with Crippen LogP contribution in [0.15, 0.2) is 84.9 Å². The van der Waals surface area contributed by atoms with Crippen molar-refractivity contribution in [2.24, 2.45) is 0 Å². The van der Waals surface area contributed by atoms with E-state index in [9.17, 15) is 15.0 Å². The van der Waals surface area contributed by atoms with Gasteiger partial charge < -0.3 is 34.1 Å².